The maximum atomic E-state index is 13.2. The summed E-state index contributed by atoms with van der Waals surface area (Å²) in [5.74, 6) is 1.66. The van der Waals surface area contributed by atoms with Gasteiger partial charge < -0.3 is 9.84 Å². The van der Waals surface area contributed by atoms with E-state index in [4.69, 9.17) is 4.74 Å². The number of hydrogen-bond donors (Lipinski definition) is 1. The molecular formula is C46H78O4. The fourth-order valence-electron chi connectivity index (χ4n) is 14.2. The van der Waals surface area contributed by atoms with Crippen molar-refractivity contribution < 1.29 is 19.4 Å². The van der Waals surface area contributed by atoms with Crippen molar-refractivity contribution in [1.82, 2.24) is 0 Å². The molecule has 0 saturated heterocycles. The smallest absolute Gasteiger partial charge is 0.309 e. The molecule has 4 nitrogen and oxygen atoms in total. The van der Waals surface area contributed by atoms with Gasteiger partial charge in [0.2, 0.25) is 0 Å². The molecule has 5 saturated carbocycles. The second-order valence-corrected chi connectivity index (χ2v) is 20.0. The van der Waals surface area contributed by atoms with Crippen LogP contribution in [0.1, 0.15) is 203 Å². The Bertz CT molecular complexity index is 1190. The molecule has 5 fully saturated rings. The zero-order valence-corrected chi connectivity index (χ0v) is 33.8. The predicted molar refractivity (Wildman–Crippen MR) is 207 cm³/mol. The van der Waals surface area contributed by atoms with Gasteiger partial charge in [-0.3, -0.25) is 9.59 Å². The molecule has 0 radical (unpaired) electrons. The Morgan fingerprint density at radius 3 is 1.86 bits per heavy atom. The van der Waals surface area contributed by atoms with Gasteiger partial charge in [-0.25, -0.2) is 0 Å². The Hall–Kier alpha value is -1.32. The van der Waals surface area contributed by atoms with Crippen molar-refractivity contribution in [3.63, 3.8) is 0 Å². The van der Waals surface area contributed by atoms with E-state index in [0.717, 1.165) is 57.8 Å². The maximum absolute atomic E-state index is 13.2. The van der Waals surface area contributed by atoms with Gasteiger partial charge in [-0.15, -0.1) is 0 Å². The monoisotopic (exact) mass is 695 g/mol. The van der Waals surface area contributed by atoms with Crippen LogP contribution in [0.4, 0.5) is 0 Å². The molecule has 286 valence electrons. The Morgan fingerprint density at radius 1 is 0.680 bits per heavy atom. The molecule has 1 unspecified atom stereocenters. The average Bonchev–Trinajstić information content (AvgIpc) is 3.47. The van der Waals surface area contributed by atoms with Gasteiger partial charge in [-0.05, 0) is 123 Å². The van der Waals surface area contributed by atoms with Crippen molar-refractivity contribution in [3.8, 4) is 0 Å². The molecule has 0 aliphatic heterocycles. The number of ether oxygens (including phenoxy) is 1. The summed E-state index contributed by atoms with van der Waals surface area (Å²) in [6.45, 7) is 21.5. The number of allylic oxidation sites excluding steroid dienone is 1. The fraction of sp³-hybridized carbons (Fsp3) is 0.913. The summed E-state index contributed by atoms with van der Waals surface area (Å²) >= 11 is 0. The van der Waals surface area contributed by atoms with E-state index in [2.05, 4.69) is 55.0 Å². The third-order valence-corrected chi connectivity index (χ3v) is 17.2. The molecule has 0 bridgehead atoms. The van der Waals surface area contributed by atoms with Crippen LogP contribution >= 0.6 is 0 Å². The van der Waals surface area contributed by atoms with Crippen LogP contribution in [0.3, 0.4) is 0 Å². The summed E-state index contributed by atoms with van der Waals surface area (Å²) in [6, 6.07) is 0. The van der Waals surface area contributed by atoms with Crippen molar-refractivity contribution in [3.05, 3.63) is 12.2 Å². The van der Waals surface area contributed by atoms with E-state index < -0.39 is 11.4 Å². The van der Waals surface area contributed by atoms with Crippen LogP contribution in [-0.2, 0) is 14.3 Å². The summed E-state index contributed by atoms with van der Waals surface area (Å²) < 4.78 is 6.39. The van der Waals surface area contributed by atoms with Crippen molar-refractivity contribution >= 4 is 11.9 Å². The molecule has 0 amide bonds. The highest BCUT2D eigenvalue weighted by atomic mass is 16.5. The summed E-state index contributed by atoms with van der Waals surface area (Å²) in [5, 5.41) is 10.7. The van der Waals surface area contributed by atoms with Gasteiger partial charge in [0, 0.05) is 11.8 Å². The van der Waals surface area contributed by atoms with Gasteiger partial charge in [0.25, 0.3) is 0 Å². The highest BCUT2D eigenvalue weighted by Gasteiger charge is 2.72. The lowest BCUT2D eigenvalue weighted by Crippen LogP contribution is -2.67. The highest BCUT2D eigenvalue weighted by Crippen LogP contribution is 2.77. The zero-order valence-electron chi connectivity index (χ0n) is 33.8. The molecule has 0 spiro atoms. The number of hydrogen-bond acceptors (Lipinski definition) is 3. The van der Waals surface area contributed by atoms with Crippen molar-refractivity contribution in [2.45, 2.75) is 209 Å². The number of rotatable bonds is 17. The quantitative estimate of drug-likeness (QED) is 0.0935. The minimum atomic E-state index is -0.561. The first-order chi connectivity index (χ1) is 23.7. The maximum Gasteiger partial charge on any atom is 0.309 e. The summed E-state index contributed by atoms with van der Waals surface area (Å²) in [5.41, 5.74) is 1.16. The summed E-state index contributed by atoms with van der Waals surface area (Å²) in [6.07, 6.45) is 28.2. The summed E-state index contributed by atoms with van der Waals surface area (Å²) in [7, 11) is 0. The van der Waals surface area contributed by atoms with Crippen molar-refractivity contribution in [2.75, 3.05) is 0 Å². The molecule has 4 heteroatoms. The second kappa shape index (κ2) is 16.0. The molecule has 5 aliphatic rings. The van der Waals surface area contributed by atoms with Gasteiger partial charge in [0.15, 0.2) is 0 Å². The average molecular weight is 695 g/mol. The zero-order chi connectivity index (χ0) is 36.4. The minimum absolute atomic E-state index is 0.00649. The van der Waals surface area contributed by atoms with Crippen LogP contribution in [0.15, 0.2) is 12.2 Å². The van der Waals surface area contributed by atoms with E-state index in [1.54, 1.807) is 0 Å². The van der Waals surface area contributed by atoms with Crippen LogP contribution in [0.2, 0.25) is 0 Å². The first kappa shape index (κ1) is 39.9. The Kier molecular flexibility index (Phi) is 12.7. The molecular weight excluding hydrogens is 617 g/mol. The van der Waals surface area contributed by atoms with E-state index in [0.29, 0.717) is 30.1 Å². The van der Waals surface area contributed by atoms with E-state index in [1.807, 2.05) is 0 Å². The fourth-order valence-corrected chi connectivity index (χ4v) is 14.2. The normalized spacial score (nSPS) is 40.2. The molecule has 5 aliphatic carbocycles. The molecule has 1 N–H and O–H groups in total. The SMILES string of the molecule is C=C(C)[C@@H]1CC[C@]2(C(=O)O)CC[C@]3(C)[C@H](CC[C@@H]4[C@@]5(C)CC[C@H](OC(=O)CCCCCCCCCCCCCCC)C(C)(C)[C@@H]5CC[C@]43C)C12. The number of aliphatic carboxylic acids is 1. The Labute approximate surface area is 308 Å². The first-order valence-electron chi connectivity index (χ1n) is 21.8. The number of unbranched alkanes of at least 4 members (excludes halogenated alkanes) is 12. The molecule has 0 heterocycles. The number of carboxylic acids is 1. The number of esters is 1. The second-order valence-electron chi connectivity index (χ2n) is 20.0. The molecule has 50 heavy (non-hydrogen) atoms. The molecule has 10 atom stereocenters. The van der Waals surface area contributed by atoms with Gasteiger partial charge >= 0.3 is 11.9 Å². The van der Waals surface area contributed by atoms with Gasteiger partial charge in [0.05, 0.1) is 5.41 Å². The topological polar surface area (TPSA) is 63.6 Å². The Balaban J connectivity index is 1.13. The highest BCUT2D eigenvalue weighted by molar-refractivity contribution is 5.76. The lowest BCUT2D eigenvalue weighted by molar-refractivity contribution is -0.250. The molecule has 0 aromatic carbocycles. The Morgan fingerprint density at radius 2 is 1.28 bits per heavy atom. The lowest BCUT2D eigenvalue weighted by atomic mass is 9.32. The largest absolute Gasteiger partial charge is 0.481 e. The van der Waals surface area contributed by atoms with Crippen molar-refractivity contribution in [2.24, 2.45) is 56.7 Å². The van der Waals surface area contributed by atoms with Crippen LogP contribution < -0.4 is 0 Å². The number of carbonyl (C=O) groups is 2. The lowest BCUT2D eigenvalue weighted by Gasteiger charge is -2.72. The molecule has 5 rings (SSSR count). The number of carbonyl (C=O) groups excluding carboxylic acids is 1. The van der Waals surface area contributed by atoms with Gasteiger partial charge in [-0.2, -0.15) is 0 Å². The van der Waals surface area contributed by atoms with E-state index in [-0.39, 0.29) is 39.7 Å². The molecule has 0 aromatic heterocycles. The summed E-state index contributed by atoms with van der Waals surface area (Å²) in [4.78, 5) is 26.2. The van der Waals surface area contributed by atoms with Crippen molar-refractivity contribution in [1.29, 1.82) is 0 Å². The van der Waals surface area contributed by atoms with Crippen LogP contribution in [0, 0.1) is 56.7 Å². The van der Waals surface area contributed by atoms with Crippen LogP contribution in [-0.4, -0.2) is 23.1 Å². The minimum Gasteiger partial charge on any atom is -0.481 e. The van der Waals surface area contributed by atoms with Gasteiger partial charge in [0.1, 0.15) is 6.10 Å². The molecule has 0 aromatic rings. The van der Waals surface area contributed by atoms with E-state index >= 15 is 0 Å². The number of fused-ring (bicyclic) bond motifs is 7. The van der Waals surface area contributed by atoms with E-state index in [1.165, 1.54) is 95.5 Å². The van der Waals surface area contributed by atoms with Crippen LogP contribution in [0.25, 0.3) is 0 Å². The third-order valence-electron chi connectivity index (χ3n) is 17.2. The van der Waals surface area contributed by atoms with E-state index in [9.17, 15) is 14.7 Å². The predicted octanol–water partition coefficient (Wildman–Crippen LogP) is 13.1. The standard InChI is InChI=1S/C46H78O4/c1-9-10-11-12-13-14-15-16-17-18-19-20-21-22-39(47)50-38-27-28-43(6)36(42(38,4)5)26-29-45(8)37(43)24-23-35-40-34(33(2)3)25-30-46(40,41(48)49)32-31-44(35,45)7/h34-38,40H,2,9-32H2,1,3-8H3,(H,48,49)/t34-,35+,36-,37+,38-,40?,43-,44+,45+,46-/m0/s1. The number of carboxylic acid groups (broad SMARTS) is 1. The third kappa shape index (κ3) is 7.15. The first-order valence-corrected chi connectivity index (χ1v) is 21.8. The van der Waals surface area contributed by atoms with Crippen LogP contribution in [0.5, 0.6) is 0 Å². The van der Waals surface area contributed by atoms with Gasteiger partial charge in [-0.1, -0.05) is 131 Å².